The van der Waals surface area contributed by atoms with E-state index in [0.29, 0.717) is 17.0 Å². The quantitative estimate of drug-likeness (QED) is 0.672. The van der Waals surface area contributed by atoms with Crippen molar-refractivity contribution in [1.82, 2.24) is 0 Å². The highest BCUT2D eigenvalue weighted by molar-refractivity contribution is 6.32. The predicted molar refractivity (Wildman–Crippen MR) is 76.4 cm³/mol. The molecular weight excluding hydrogens is 283 g/mol. The van der Waals surface area contributed by atoms with Crippen molar-refractivity contribution < 1.29 is 14.2 Å². The van der Waals surface area contributed by atoms with Gasteiger partial charge < -0.3 is 14.9 Å². The number of anilines is 1. The number of halogens is 2. The Hall–Kier alpha value is -1.98. The molecule has 0 spiro atoms. The first-order valence-electron chi connectivity index (χ1n) is 5.86. The number of hydrogen-bond acceptors (Lipinski definition) is 4. The van der Waals surface area contributed by atoms with E-state index >= 15 is 0 Å². The normalized spacial score (nSPS) is 10.4. The molecule has 0 heterocycles. The van der Waals surface area contributed by atoms with Crippen LogP contribution in [-0.2, 0) is 6.61 Å². The largest absolute Gasteiger partial charge is 0.508 e. The second-order valence-corrected chi connectivity index (χ2v) is 4.66. The monoisotopic (exact) mass is 296 g/mol. The average Bonchev–Trinajstić information content (AvgIpc) is 2.38. The fourth-order valence-corrected chi connectivity index (χ4v) is 2.01. The Balaban J connectivity index is 2.23. The zero-order chi connectivity index (χ0) is 14.7. The third kappa shape index (κ3) is 3.12. The lowest BCUT2D eigenvalue weighted by atomic mass is 10.1. The summed E-state index contributed by atoms with van der Waals surface area (Å²) in [6, 6.07) is 8.92. The van der Waals surface area contributed by atoms with Crippen LogP contribution < -0.4 is 15.6 Å². The Morgan fingerprint density at radius 3 is 2.75 bits per heavy atom. The minimum atomic E-state index is -0.408. The van der Waals surface area contributed by atoms with E-state index in [2.05, 4.69) is 0 Å². The van der Waals surface area contributed by atoms with E-state index < -0.39 is 5.82 Å². The predicted octanol–water partition coefficient (Wildman–Crippen LogP) is 3.07. The number of hydrogen-bond donors (Lipinski definition) is 2. The van der Waals surface area contributed by atoms with Crippen molar-refractivity contribution in [3.63, 3.8) is 0 Å². The highest BCUT2D eigenvalue weighted by Gasteiger charge is 2.12. The minimum absolute atomic E-state index is 0.0198. The van der Waals surface area contributed by atoms with E-state index in [1.54, 1.807) is 19.2 Å². The second kappa shape index (κ2) is 5.98. The number of benzene rings is 2. The molecule has 0 aromatic heterocycles. The topological polar surface area (TPSA) is 58.7 Å². The van der Waals surface area contributed by atoms with E-state index in [-0.39, 0.29) is 17.4 Å². The van der Waals surface area contributed by atoms with Crippen LogP contribution in [0.25, 0.3) is 0 Å². The van der Waals surface area contributed by atoms with E-state index in [1.807, 2.05) is 0 Å². The van der Waals surface area contributed by atoms with Gasteiger partial charge in [-0.2, -0.15) is 0 Å². The lowest BCUT2D eigenvalue weighted by Gasteiger charge is -2.18. The summed E-state index contributed by atoms with van der Waals surface area (Å²) in [7, 11) is 1.62. The smallest absolute Gasteiger partial charge is 0.138 e. The molecule has 0 bridgehead atoms. The Kier molecular flexibility index (Phi) is 4.32. The summed E-state index contributed by atoms with van der Waals surface area (Å²) in [5, 5.41) is 10.8. The standard InChI is InChI=1S/C14H14ClFN2O2/c1-18(17)13-4-2-3-12(16)10(13)8-20-14-6-5-9(19)7-11(14)15/h2-7,19H,8,17H2,1H3. The zero-order valence-corrected chi connectivity index (χ0v) is 11.6. The van der Waals surface area contributed by atoms with Crippen molar-refractivity contribution in [3.8, 4) is 11.5 Å². The third-order valence-electron chi connectivity index (χ3n) is 2.76. The average molecular weight is 297 g/mol. The molecule has 4 nitrogen and oxygen atoms in total. The van der Waals surface area contributed by atoms with Gasteiger partial charge in [0.05, 0.1) is 10.7 Å². The van der Waals surface area contributed by atoms with Gasteiger partial charge in [-0.1, -0.05) is 17.7 Å². The molecule has 3 N–H and O–H groups in total. The number of phenolic OH excluding ortho intramolecular Hbond substituents is 1. The SMILES string of the molecule is CN(N)c1cccc(F)c1COc1ccc(O)cc1Cl. The van der Waals surface area contributed by atoms with Crippen molar-refractivity contribution in [2.24, 2.45) is 5.84 Å². The van der Waals surface area contributed by atoms with Gasteiger partial charge in [-0.05, 0) is 24.3 Å². The summed E-state index contributed by atoms with van der Waals surface area (Å²) in [5.41, 5.74) is 0.863. The van der Waals surface area contributed by atoms with Gasteiger partial charge in [-0.15, -0.1) is 0 Å². The molecule has 0 aliphatic heterocycles. The summed E-state index contributed by atoms with van der Waals surface area (Å²) < 4.78 is 19.3. The summed E-state index contributed by atoms with van der Waals surface area (Å²) in [4.78, 5) is 0. The highest BCUT2D eigenvalue weighted by Crippen LogP contribution is 2.30. The molecule has 2 aromatic rings. The fourth-order valence-electron chi connectivity index (χ4n) is 1.78. The molecule has 0 unspecified atom stereocenters. The molecule has 0 saturated carbocycles. The van der Waals surface area contributed by atoms with Crippen LogP contribution >= 0.6 is 11.6 Å². The number of nitrogens with two attached hydrogens (primary N) is 1. The zero-order valence-electron chi connectivity index (χ0n) is 10.8. The van der Waals surface area contributed by atoms with Crippen LogP contribution in [0.5, 0.6) is 11.5 Å². The van der Waals surface area contributed by atoms with Gasteiger partial charge in [0.1, 0.15) is 23.9 Å². The molecular formula is C14H14ClFN2O2. The minimum Gasteiger partial charge on any atom is -0.508 e. The van der Waals surface area contributed by atoms with Gasteiger partial charge in [0.25, 0.3) is 0 Å². The molecule has 2 aromatic carbocycles. The second-order valence-electron chi connectivity index (χ2n) is 4.25. The van der Waals surface area contributed by atoms with Crippen molar-refractivity contribution in [3.05, 3.63) is 52.8 Å². The van der Waals surface area contributed by atoms with Crippen LogP contribution in [0.4, 0.5) is 10.1 Å². The first-order valence-corrected chi connectivity index (χ1v) is 6.24. The Bertz CT molecular complexity index is 620. The number of rotatable bonds is 4. The molecule has 2 rings (SSSR count). The van der Waals surface area contributed by atoms with E-state index in [4.69, 9.17) is 22.2 Å². The van der Waals surface area contributed by atoms with Gasteiger partial charge in [0.15, 0.2) is 0 Å². The Morgan fingerprint density at radius 1 is 1.35 bits per heavy atom. The maximum Gasteiger partial charge on any atom is 0.138 e. The molecule has 0 aliphatic rings. The number of hydrazine groups is 1. The fraction of sp³-hybridized carbons (Fsp3) is 0.143. The molecule has 106 valence electrons. The van der Waals surface area contributed by atoms with Gasteiger partial charge in [0, 0.05) is 18.7 Å². The number of ether oxygens (including phenoxy) is 1. The van der Waals surface area contributed by atoms with Gasteiger partial charge in [-0.25, -0.2) is 10.2 Å². The van der Waals surface area contributed by atoms with E-state index in [0.717, 1.165) is 0 Å². The van der Waals surface area contributed by atoms with Crippen LogP contribution in [0.3, 0.4) is 0 Å². The summed E-state index contributed by atoms with van der Waals surface area (Å²) in [5.74, 6) is 5.64. The van der Waals surface area contributed by atoms with Crippen molar-refractivity contribution in [2.45, 2.75) is 6.61 Å². The van der Waals surface area contributed by atoms with Gasteiger partial charge >= 0.3 is 0 Å². The molecule has 20 heavy (non-hydrogen) atoms. The van der Waals surface area contributed by atoms with Crippen LogP contribution in [0.15, 0.2) is 36.4 Å². The van der Waals surface area contributed by atoms with Gasteiger partial charge in [0.2, 0.25) is 0 Å². The third-order valence-corrected chi connectivity index (χ3v) is 3.06. The molecule has 0 saturated heterocycles. The molecule has 6 heteroatoms. The number of phenols is 1. The summed E-state index contributed by atoms with van der Waals surface area (Å²) >= 11 is 5.92. The Labute approximate surface area is 121 Å². The molecule has 0 amide bonds. The van der Waals surface area contributed by atoms with Crippen molar-refractivity contribution in [1.29, 1.82) is 0 Å². The van der Waals surface area contributed by atoms with Crippen molar-refractivity contribution in [2.75, 3.05) is 12.1 Å². The van der Waals surface area contributed by atoms with Crippen LogP contribution in [0.1, 0.15) is 5.56 Å². The van der Waals surface area contributed by atoms with Gasteiger partial charge in [-0.3, -0.25) is 0 Å². The molecule has 0 atom stereocenters. The van der Waals surface area contributed by atoms with Crippen LogP contribution in [0, 0.1) is 5.82 Å². The first-order chi connectivity index (χ1) is 9.49. The number of aromatic hydroxyl groups is 1. The van der Waals surface area contributed by atoms with Crippen LogP contribution in [0.2, 0.25) is 5.02 Å². The highest BCUT2D eigenvalue weighted by atomic mass is 35.5. The molecule has 0 radical (unpaired) electrons. The van der Waals surface area contributed by atoms with E-state index in [9.17, 15) is 9.50 Å². The van der Waals surface area contributed by atoms with Crippen LogP contribution in [-0.4, -0.2) is 12.2 Å². The first kappa shape index (κ1) is 14.4. The number of nitrogens with zero attached hydrogens (tertiary/aromatic N) is 1. The maximum absolute atomic E-state index is 13.8. The summed E-state index contributed by atoms with van der Waals surface area (Å²) in [6.45, 7) is -0.0198. The van der Waals surface area contributed by atoms with E-state index in [1.165, 1.54) is 29.3 Å². The maximum atomic E-state index is 13.8. The lowest BCUT2D eigenvalue weighted by molar-refractivity contribution is 0.300. The summed E-state index contributed by atoms with van der Waals surface area (Å²) in [6.07, 6.45) is 0. The molecule has 0 fully saturated rings. The van der Waals surface area contributed by atoms with Crippen molar-refractivity contribution >= 4 is 17.3 Å². The molecule has 0 aliphatic carbocycles. The lowest BCUT2D eigenvalue weighted by Crippen LogP contribution is -2.26. The Morgan fingerprint density at radius 2 is 2.10 bits per heavy atom.